The van der Waals surface area contributed by atoms with Gasteiger partial charge in [-0.3, -0.25) is 4.79 Å². The molecule has 0 aromatic heterocycles. The monoisotopic (exact) mass is 408 g/mol. The van der Waals surface area contributed by atoms with E-state index in [4.69, 9.17) is 11.6 Å². The van der Waals surface area contributed by atoms with Gasteiger partial charge in [-0.2, -0.15) is 4.31 Å². The van der Waals surface area contributed by atoms with Crippen LogP contribution in [0.4, 0.5) is 0 Å². The molecular formula is C15H21ClN2O5S2. The third kappa shape index (κ3) is 4.72. The van der Waals surface area contributed by atoms with Crippen LogP contribution in [0.3, 0.4) is 0 Å². The largest absolute Gasteiger partial charge is 0.351 e. The number of rotatable bonds is 6. The summed E-state index contributed by atoms with van der Waals surface area (Å²) < 4.78 is 49.5. The summed E-state index contributed by atoms with van der Waals surface area (Å²) in [6.45, 7) is 2.96. The summed E-state index contributed by atoms with van der Waals surface area (Å²) in [7, 11) is -7.00. The number of hydrogen-bond donors (Lipinski definition) is 1. The highest BCUT2D eigenvalue weighted by atomic mass is 35.5. The van der Waals surface area contributed by atoms with Gasteiger partial charge in [0.2, 0.25) is 15.9 Å². The maximum Gasteiger partial charge on any atom is 0.243 e. The molecule has 1 aromatic rings. The SMILES string of the molecule is CCN(CC(=O)NC1CCS(=O)(=O)C1)S(=O)(=O)c1cccc(Cl)c1C. The van der Waals surface area contributed by atoms with Crippen molar-refractivity contribution >= 4 is 37.4 Å². The summed E-state index contributed by atoms with van der Waals surface area (Å²) in [4.78, 5) is 12.2. The highest BCUT2D eigenvalue weighted by Gasteiger charge is 2.31. The molecule has 1 atom stereocenters. The van der Waals surface area contributed by atoms with E-state index in [1.54, 1.807) is 26.0 Å². The molecule has 7 nitrogen and oxygen atoms in total. The van der Waals surface area contributed by atoms with Gasteiger partial charge < -0.3 is 5.32 Å². The molecule has 1 unspecified atom stereocenters. The van der Waals surface area contributed by atoms with Crippen molar-refractivity contribution in [1.82, 2.24) is 9.62 Å². The fraction of sp³-hybridized carbons (Fsp3) is 0.533. The Morgan fingerprint density at radius 2 is 2.08 bits per heavy atom. The number of halogens is 1. The molecule has 1 aromatic carbocycles. The van der Waals surface area contributed by atoms with Gasteiger partial charge in [0.25, 0.3) is 0 Å². The highest BCUT2D eigenvalue weighted by molar-refractivity contribution is 7.91. The van der Waals surface area contributed by atoms with Gasteiger partial charge in [-0.1, -0.05) is 24.6 Å². The van der Waals surface area contributed by atoms with Crippen LogP contribution in [0.5, 0.6) is 0 Å². The summed E-state index contributed by atoms with van der Waals surface area (Å²) in [5, 5.41) is 2.93. The van der Waals surface area contributed by atoms with E-state index in [0.29, 0.717) is 17.0 Å². The lowest BCUT2D eigenvalue weighted by Gasteiger charge is -2.22. The minimum absolute atomic E-state index is 0.0371. The third-order valence-corrected chi connectivity index (χ3v) is 8.35. The van der Waals surface area contributed by atoms with E-state index in [1.807, 2.05) is 0 Å². The number of amides is 1. The number of carbonyl (C=O) groups excluding carboxylic acids is 1. The van der Waals surface area contributed by atoms with Crippen LogP contribution in [0.1, 0.15) is 18.9 Å². The fourth-order valence-electron chi connectivity index (χ4n) is 2.72. The summed E-state index contributed by atoms with van der Waals surface area (Å²) >= 11 is 5.99. The van der Waals surface area contributed by atoms with E-state index >= 15 is 0 Å². The fourth-order valence-corrected chi connectivity index (χ4v) is 6.27. The topological polar surface area (TPSA) is 101 Å². The Hall–Kier alpha value is -1.16. The summed E-state index contributed by atoms with van der Waals surface area (Å²) in [6.07, 6.45) is 0.348. The van der Waals surface area contributed by atoms with Crippen LogP contribution in [0, 0.1) is 6.92 Å². The standard InChI is InChI=1S/C15H21ClN2O5S2/c1-3-18(9-15(19)17-12-7-8-24(20,21)10-12)25(22,23)14-6-4-5-13(16)11(14)2/h4-6,12H,3,7-10H2,1-2H3,(H,17,19). The van der Waals surface area contributed by atoms with Gasteiger partial charge in [0, 0.05) is 17.6 Å². The summed E-state index contributed by atoms with van der Waals surface area (Å²) in [5.74, 6) is -0.590. The lowest BCUT2D eigenvalue weighted by molar-refractivity contribution is -0.121. The zero-order valence-corrected chi connectivity index (χ0v) is 16.4. The van der Waals surface area contributed by atoms with Crippen molar-refractivity contribution in [2.45, 2.75) is 31.2 Å². The van der Waals surface area contributed by atoms with E-state index in [9.17, 15) is 21.6 Å². The second-order valence-corrected chi connectivity index (χ2v) is 10.5. The van der Waals surface area contributed by atoms with Gasteiger partial charge in [0.1, 0.15) is 0 Å². The van der Waals surface area contributed by atoms with Crippen molar-refractivity contribution in [3.63, 3.8) is 0 Å². The molecule has 0 bridgehead atoms. The van der Waals surface area contributed by atoms with E-state index in [2.05, 4.69) is 5.32 Å². The quantitative estimate of drug-likeness (QED) is 0.755. The molecule has 1 fully saturated rings. The molecule has 10 heteroatoms. The number of nitrogens with zero attached hydrogens (tertiary/aromatic N) is 1. The van der Waals surface area contributed by atoms with Crippen LogP contribution in [0.2, 0.25) is 5.02 Å². The van der Waals surface area contributed by atoms with Crippen molar-refractivity contribution in [2.75, 3.05) is 24.6 Å². The molecule has 1 saturated heterocycles. The van der Waals surface area contributed by atoms with Crippen LogP contribution in [-0.2, 0) is 24.7 Å². The van der Waals surface area contributed by atoms with E-state index in [-0.39, 0.29) is 29.5 Å². The second-order valence-electron chi connectivity index (χ2n) is 5.96. The molecule has 25 heavy (non-hydrogen) atoms. The molecular weight excluding hydrogens is 388 g/mol. The smallest absolute Gasteiger partial charge is 0.243 e. The second kappa shape index (κ2) is 7.61. The van der Waals surface area contributed by atoms with Crippen LogP contribution in [-0.4, -0.2) is 57.7 Å². The highest BCUT2D eigenvalue weighted by Crippen LogP contribution is 2.25. The Kier molecular flexibility index (Phi) is 6.13. The number of nitrogens with one attached hydrogen (secondary N) is 1. The van der Waals surface area contributed by atoms with Crippen LogP contribution in [0.25, 0.3) is 0 Å². The van der Waals surface area contributed by atoms with Crippen LogP contribution >= 0.6 is 11.6 Å². The minimum Gasteiger partial charge on any atom is -0.351 e. The first kappa shape index (κ1) is 20.2. The normalized spacial score (nSPS) is 19.9. The molecule has 0 radical (unpaired) electrons. The van der Waals surface area contributed by atoms with Crippen LogP contribution < -0.4 is 5.32 Å². The van der Waals surface area contributed by atoms with Crippen molar-refractivity contribution in [3.05, 3.63) is 28.8 Å². The number of sulfonamides is 1. The first-order chi connectivity index (χ1) is 11.6. The van der Waals surface area contributed by atoms with Gasteiger partial charge in [0.15, 0.2) is 9.84 Å². The predicted molar refractivity (Wildman–Crippen MR) is 95.8 cm³/mol. The number of hydrogen-bond acceptors (Lipinski definition) is 5. The first-order valence-corrected chi connectivity index (χ1v) is 11.5. The molecule has 0 aliphatic carbocycles. The van der Waals surface area contributed by atoms with Gasteiger partial charge in [-0.15, -0.1) is 0 Å². The molecule has 140 valence electrons. The Morgan fingerprint density at radius 1 is 1.40 bits per heavy atom. The average Bonchev–Trinajstić information content (AvgIpc) is 2.85. The molecule has 0 saturated carbocycles. The van der Waals surface area contributed by atoms with Gasteiger partial charge in [0.05, 0.1) is 22.9 Å². The van der Waals surface area contributed by atoms with Gasteiger partial charge in [-0.25, -0.2) is 16.8 Å². The lowest BCUT2D eigenvalue weighted by atomic mass is 10.2. The van der Waals surface area contributed by atoms with Crippen molar-refractivity contribution < 1.29 is 21.6 Å². The van der Waals surface area contributed by atoms with E-state index < -0.39 is 31.8 Å². The molecule has 1 amide bonds. The number of likely N-dealkylation sites (N-methyl/N-ethyl adjacent to an activating group) is 1. The number of carbonyl (C=O) groups is 1. The molecule has 1 aliphatic rings. The maximum atomic E-state index is 12.8. The van der Waals surface area contributed by atoms with Crippen molar-refractivity contribution in [3.8, 4) is 0 Å². The van der Waals surface area contributed by atoms with E-state index in [0.717, 1.165) is 4.31 Å². The number of benzene rings is 1. The van der Waals surface area contributed by atoms with Gasteiger partial charge >= 0.3 is 0 Å². The van der Waals surface area contributed by atoms with Crippen molar-refractivity contribution in [2.24, 2.45) is 0 Å². The Labute approximate surface area is 153 Å². The zero-order chi connectivity index (χ0) is 18.8. The summed E-state index contributed by atoms with van der Waals surface area (Å²) in [6, 6.07) is 4.12. The Bertz CT molecular complexity index is 868. The summed E-state index contributed by atoms with van der Waals surface area (Å²) in [5.41, 5.74) is 0.421. The molecule has 1 heterocycles. The Morgan fingerprint density at radius 3 is 2.64 bits per heavy atom. The molecule has 1 N–H and O–H groups in total. The maximum absolute atomic E-state index is 12.8. The predicted octanol–water partition coefficient (Wildman–Crippen LogP) is 0.962. The zero-order valence-electron chi connectivity index (χ0n) is 14.0. The van der Waals surface area contributed by atoms with Crippen LogP contribution in [0.15, 0.2) is 23.1 Å². The molecule has 0 spiro atoms. The van der Waals surface area contributed by atoms with E-state index in [1.165, 1.54) is 6.07 Å². The first-order valence-electron chi connectivity index (χ1n) is 7.82. The molecule has 1 aliphatic heterocycles. The minimum atomic E-state index is -3.89. The molecule has 2 rings (SSSR count). The average molecular weight is 409 g/mol. The number of sulfone groups is 1. The van der Waals surface area contributed by atoms with Crippen molar-refractivity contribution in [1.29, 1.82) is 0 Å². The lowest BCUT2D eigenvalue weighted by Crippen LogP contribution is -2.44. The third-order valence-electron chi connectivity index (χ3n) is 4.11. The van der Waals surface area contributed by atoms with Gasteiger partial charge in [-0.05, 0) is 31.0 Å². The Balaban J connectivity index is 2.13.